The summed E-state index contributed by atoms with van der Waals surface area (Å²) >= 11 is 0. The quantitative estimate of drug-likeness (QED) is 0.186. The first kappa shape index (κ1) is 19.6. The lowest BCUT2D eigenvalue weighted by atomic mass is 9.77. The summed E-state index contributed by atoms with van der Waals surface area (Å²) in [7, 11) is -1.26. The molecule has 1 aliphatic heterocycles. The number of hydrogen-bond acceptors (Lipinski definition) is 8. The minimum atomic E-state index is -1.26. The number of fused-ring (bicyclic) bond motifs is 1. The molecule has 0 saturated heterocycles. The lowest BCUT2D eigenvalue weighted by Gasteiger charge is -2.14. The summed E-state index contributed by atoms with van der Waals surface area (Å²) in [5.74, 6) is -0.380. The number of carbonyl (C=O) groups is 1. The average Bonchev–Trinajstić information content (AvgIpc) is 2.93. The van der Waals surface area contributed by atoms with Gasteiger partial charge in [0.15, 0.2) is 0 Å². The molecule has 0 aliphatic carbocycles. The predicted molar refractivity (Wildman–Crippen MR) is 94.4 cm³/mol. The van der Waals surface area contributed by atoms with Crippen LogP contribution in [0.1, 0.15) is 30.6 Å². The third kappa shape index (κ3) is 3.90. The van der Waals surface area contributed by atoms with Gasteiger partial charge in [0.1, 0.15) is 11.8 Å². The molecule has 3 rings (SSSR count). The molecule has 1 aromatic heterocycles. The van der Waals surface area contributed by atoms with Gasteiger partial charge in [0, 0.05) is 4.73 Å². The smallest absolute Gasteiger partial charge is 0.466 e. The molecule has 28 heavy (non-hydrogen) atoms. The summed E-state index contributed by atoms with van der Waals surface area (Å²) in [5, 5.41) is 30.9. The number of nitro groups is 1. The Morgan fingerprint density at radius 1 is 1.43 bits per heavy atom. The maximum Gasteiger partial charge on any atom is 0.492 e. The first-order chi connectivity index (χ1) is 13.3. The van der Waals surface area contributed by atoms with Gasteiger partial charge in [-0.3, -0.25) is 20.1 Å². The molecule has 146 valence electrons. The Morgan fingerprint density at radius 2 is 2.18 bits per heavy atom. The van der Waals surface area contributed by atoms with Crippen LogP contribution < -0.4 is 14.9 Å². The Kier molecular flexibility index (Phi) is 5.47. The van der Waals surface area contributed by atoms with E-state index >= 15 is 0 Å². The second kappa shape index (κ2) is 7.83. The van der Waals surface area contributed by atoms with E-state index in [0.29, 0.717) is 21.3 Å². The molecule has 2 heterocycles. The van der Waals surface area contributed by atoms with Crippen molar-refractivity contribution in [1.82, 2.24) is 0 Å². The third-order valence-corrected chi connectivity index (χ3v) is 4.25. The van der Waals surface area contributed by atoms with Crippen molar-refractivity contribution < 1.29 is 38.8 Å². The molecule has 0 spiro atoms. The highest BCUT2D eigenvalue weighted by Crippen LogP contribution is 2.33. The number of esters is 1. The van der Waals surface area contributed by atoms with Gasteiger partial charge in [0.25, 0.3) is 5.69 Å². The summed E-state index contributed by atoms with van der Waals surface area (Å²) in [5.41, 5.74) is 1.51. The molecule has 0 radical (unpaired) electrons. The zero-order valence-corrected chi connectivity index (χ0v) is 15.2. The van der Waals surface area contributed by atoms with Gasteiger partial charge in [0.2, 0.25) is 6.20 Å². The van der Waals surface area contributed by atoms with E-state index in [4.69, 9.17) is 14.1 Å². The molecule has 1 atom stereocenters. The molecular weight excluding hydrogens is 371 g/mol. The summed E-state index contributed by atoms with van der Waals surface area (Å²) < 4.78 is 16.6. The SMILES string of the molecule is CCOC(=O)CC1OB(O)c2cc(Oc3cc([N+](=O)[O-])cc[n+]3O)cc(C)c21. The van der Waals surface area contributed by atoms with E-state index in [2.05, 4.69) is 0 Å². The zero-order valence-electron chi connectivity index (χ0n) is 15.2. The van der Waals surface area contributed by atoms with Gasteiger partial charge < -0.3 is 19.2 Å². The molecule has 0 saturated carbocycles. The second-order valence-electron chi connectivity index (χ2n) is 6.16. The highest BCUT2D eigenvalue weighted by atomic mass is 16.6. The molecule has 1 unspecified atom stereocenters. The van der Waals surface area contributed by atoms with E-state index in [9.17, 15) is 25.1 Å². The van der Waals surface area contributed by atoms with Crippen LogP contribution in [0.15, 0.2) is 30.5 Å². The Balaban J connectivity index is 1.90. The van der Waals surface area contributed by atoms with E-state index in [-0.39, 0.29) is 30.3 Å². The molecular formula is C17H18BN2O8+. The van der Waals surface area contributed by atoms with E-state index in [0.717, 1.165) is 18.3 Å². The van der Waals surface area contributed by atoms with Gasteiger partial charge in [-0.1, -0.05) is 0 Å². The average molecular weight is 389 g/mol. The number of benzene rings is 1. The minimum absolute atomic E-state index is 0.0412. The largest absolute Gasteiger partial charge is 0.492 e. The molecule has 0 bridgehead atoms. The number of aryl methyl sites for hydroxylation is 1. The van der Waals surface area contributed by atoms with Crippen molar-refractivity contribution >= 4 is 24.2 Å². The van der Waals surface area contributed by atoms with Gasteiger partial charge in [-0.15, -0.1) is 0 Å². The van der Waals surface area contributed by atoms with E-state index in [1.807, 2.05) is 0 Å². The summed E-state index contributed by atoms with van der Waals surface area (Å²) in [4.78, 5) is 22.1. The molecule has 10 nitrogen and oxygen atoms in total. The third-order valence-electron chi connectivity index (χ3n) is 4.25. The van der Waals surface area contributed by atoms with Crippen LogP contribution in [0.5, 0.6) is 11.6 Å². The second-order valence-corrected chi connectivity index (χ2v) is 6.16. The fraction of sp³-hybridized carbons (Fsp3) is 0.294. The van der Waals surface area contributed by atoms with Crippen LogP contribution in [0.2, 0.25) is 0 Å². The number of hydrogen-bond donors (Lipinski definition) is 2. The molecule has 1 aromatic carbocycles. The Labute approximate surface area is 160 Å². The fourth-order valence-corrected chi connectivity index (χ4v) is 3.08. The van der Waals surface area contributed by atoms with Gasteiger partial charge in [-0.25, -0.2) is 0 Å². The van der Waals surface area contributed by atoms with Crippen LogP contribution in [0, 0.1) is 17.0 Å². The molecule has 2 N–H and O–H groups in total. The van der Waals surface area contributed by atoms with Crippen molar-refractivity contribution in [1.29, 1.82) is 0 Å². The number of rotatable bonds is 6. The standard InChI is InChI=1S/C17H18BN2O8/c1-3-26-16(21)9-14-17-10(2)6-12(8-13(17)18(22)28-14)27-15-7-11(20(24)25)4-5-19(15)23/h4-8,14,22-23H,3,9H2,1-2H3/q+1. The summed E-state index contributed by atoms with van der Waals surface area (Å²) in [6, 6.07) is 5.31. The van der Waals surface area contributed by atoms with Crippen LogP contribution >= 0.6 is 0 Å². The first-order valence-electron chi connectivity index (χ1n) is 8.51. The molecule has 11 heteroatoms. The Hall–Kier alpha value is -3.18. The van der Waals surface area contributed by atoms with Gasteiger partial charge in [-0.2, -0.15) is 0 Å². The molecule has 0 fully saturated rings. The number of nitrogens with zero attached hydrogens (tertiary/aromatic N) is 2. The maximum absolute atomic E-state index is 11.8. The lowest BCUT2D eigenvalue weighted by Crippen LogP contribution is -2.31. The monoisotopic (exact) mass is 389 g/mol. The Bertz CT molecular complexity index is 936. The van der Waals surface area contributed by atoms with Gasteiger partial charge >= 0.3 is 19.0 Å². The maximum atomic E-state index is 11.8. The summed E-state index contributed by atoms with van der Waals surface area (Å²) in [6.45, 7) is 3.70. The number of ether oxygens (including phenoxy) is 2. The van der Waals surface area contributed by atoms with Crippen molar-refractivity contribution in [2.75, 3.05) is 6.61 Å². The fourth-order valence-electron chi connectivity index (χ4n) is 3.08. The van der Waals surface area contributed by atoms with Gasteiger partial charge in [-0.05, 0) is 42.6 Å². The van der Waals surface area contributed by atoms with E-state index in [1.54, 1.807) is 19.9 Å². The minimum Gasteiger partial charge on any atom is -0.466 e. The topological polar surface area (TPSA) is 132 Å². The molecule has 0 amide bonds. The van der Waals surface area contributed by atoms with Crippen molar-refractivity contribution in [3.05, 3.63) is 51.7 Å². The summed E-state index contributed by atoms with van der Waals surface area (Å²) in [6.07, 6.45) is 0.389. The van der Waals surface area contributed by atoms with Crippen LogP contribution in [-0.4, -0.2) is 34.8 Å². The van der Waals surface area contributed by atoms with E-state index < -0.39 is 24.1 Å². The molecule has 2 aromatic rings. The first-order valence-corrected chi connectivity index (χ1v) is 8.51. The Morgan fingerprint density at radius 3 is 2.86 bits per heavy atom. The normalized spacial score (nSPS) is 15.2. The van der Waals surface area contributed by atoms with Crippen LogP contribution in [0.25, 0.3) is 0 Å². The number of pyridine rings is 1. The number of aromatic nitrogens is 1. The van der Waals surface area contributed by atoms with Gasteiger partial charge in [0.05, 0.1) is 30.1 Å². The van der Waals surface area contributed by atoms with Crippen molar-refractivity contribution in [3.63, 3.8) is 0 Å². The van der Waals surface area contributed by atoms with Crippen LogP contribution in [-0.2, 0) is 14.2 Å². The lowest BCUT2D eigenvalue weighted by molar-refractivity contribution is -0.905. The van der Waals surface area contributed by atoms with E-state index in [1.165, 1.54) is 6.07 Å². The van der Waals surface area contributed by atoms with Crippen molar-refractivity contribution in [2.24, 2.45) is 0 Å². The van der Waals surface area contributed by atoms with Crippen LogP contribution in [0.4, 0.5) is 5.69 Å². The number of carbonyl (C=O) groups excluding carboxylic acids is 1. The van der Waals surface area contributed by atoms with Crippen LogP contribution in [0.3, 0.4) is 0 Å². The van der Waals surface area contributed by atoms with Crippen molar-refractivity contribution in [2.45, 2.75) is 26.4 Å². The van der Waals surface area contributed by atoms with Crippen molar-refractivity contribution in [3.8, 4) is 11.6 Å². The molecule has 1 aliphatic rings. The highest BCUT2D eigenvalue weighted by Gasteiger charge is 2.38. The zero-order chi connectivity index (χ0) is 20.4. The predicted octanol–water partition coefficient (Wildman–Crippen LogP) is 0.932. The highest BCUT2D eigenvalue weighted by molar-refractivity contribution is 6.62.